The molecule has 88 valence electrons. The number of hydrazone groups is 1. The first-order chi connectivity index (χ1) is 7.62. The Hall–Kier alpha value is -1.31. The van der Waals surface area contributed by atoms with E-state index < -0.39 is 0 Å². The summed E-state index contributed by atoms with van der Waals surface area (Å²) in [6.45, 7) is 8.53. The van der Waals surface area contributed by atoms with Crippen LogP contribution in [0.2, 0.25) is 0 Å². The minimum atomic E-state index is -0.0717. The van der Waals surface area contributed by atoms with E-state index in [0.717, 1.165) is 18.6 Å². The maximum atomic E-state index is 4.43. The molecule has 1 rings (SSSR count). The van der Waals surface area contributed by atoms with Crippen LogP contribution in [-0.2, 0) is 5.54 Å². The third kappa shape index (κ3) is 3.09. The zero-order valence-electron chi connectivity index (χ0n) is 10.7. The Morgan fingerprint density at radius 1 is 1.25 bits per heavy atom. The molecule has 0 spiro atoms. The van der Waals surface area contributed by atoms with Crippen LogP contribution in [0.3, 0.4) is 0 Å². The summed E-state index contributed by atoms with van der Waals surface area (Å²) in [4.78, 5) is 0. The van der Waals surface area contributed by atoms with E-state index in [9.17, 15) is 0 Å². The number of nitrogens with zero attached hydrogens (tertiary/aromatic N) is 1. The molecule has 1 atom stereocenters. The minimum Gasteiger partial charge on any atom is -0.300 e. The Bertz CT molecular complexity index is 343. The third-order valence-corrected chi connectivity index (χ3v) is 3.12. The molecule has 0 saturated heterocycles. The fourth-order valence-corrected chi connectivity index (χ4v) is 1.45. The average molecular weight is 218 g/mol. The van der Waals surface area contributed by atoms with Crippen molar-refractivity contribution in [1.82, 2.24) is 5.43 Å². The van der Waals surface area contributed by atoms with E-state index in [4.69, 9.17) is 0 Å². The lowest BCUT2D eigenvalue weighted by Crippen LogP contribution is -2.35. The normalized spacial score (nSPS) is 15.6. The van der Waals surface area contributed by atoms with Crippen LogP contribution in [0.25, 0.3) is 0 Å². The second-order valence-corrected chi connectivity index (χ2v) is 4.36. The predicted molar refractivity (Wildman–Crippen MR) is 70.6 cm³/mol. The van der Waals surface area contributed by atoms with Crippen molar-refractivity contribution < 1.29 is 0 Å². The molecular formula is C14H22N2. The summed E-state index contributed by atoms with van der Waals surface area (Å²) in [6.07, 6.45) is 2.00. The number of benzene rings is 1. The zero-order valence-corrected chi connectivity index (χ0v) is 10.7. The summed E-state index contributed by atoms with van der Waals surface area (Å²) < 4.78 is 0. The smallest absolute Gasteiger partial charge is 0.0766 e. The highest BCUT2D eigenvalue weighted by Gasteiger charge is 2.23. The molecule has 0 aliphatic heterocycles. The third-order valence-electron chi connectivity index (χ3n) is 3.12. The van der Waals surface area contributed by atoms with E-state index >= 15 is 0 Å². The summed E-state index contributed by atoms with van der Waals surface area (Å²) in [7, 11) is 0. The number of hydrogen-bond acceptors (Lipinski definition) is 2. The highest BCUT2D eigenvalue weighted by Crippen LogP contribution is 2.23. The van der Waals surface area contributed by atoms with Crippen LogP contribution in [0.1, 0.15) is 46.1 Å². The first-order valence-corrected chi connectivity index (χ1v) is 5.98. The second-order valence-electron chi connectivity index (χ2n) is 4.36. The Morgan fingerprint density at radius 2 is 1.88 bits per heavy atom. The molecule has 16 heavy (non-hydrogen) atoms. The standard InChI is InChI=1S/C14H22N2/c1-5-12(3)15-16-14(4,6-2)13-10-8-7-9-11-13/h7-11,16H,5-6H2,1-4H3/b15-12-/t14-/m0/s1. The van der Waals surface area contributed by atoms with Crippen LogP contribution in [-0.4, -0.2) is 5.71 Å². The lowest BCUT2D eigenvalue weighted by molar-refractivity contribution is 0.363. The molecule has 0 bridgehead atoms. The fourth-order valence-electron chi connectivity index (χ4n) is 1.45. The van der Waals surface area contributed by atoms with Gasteiger partial charge in [0.05, 0.1) is 5.54 Å². The summed E-state index contributed by atoms with van der Waals surface area (Å²) in [5, 5.41) is 4.43. The molecule has 0 aliphatic rings. The largest absolute Gasteiger partial charge is 0.300 e. The van der Waals surface area contributed by atoms with E-state index in [1.54, 1.807) is 0 Å². The van der Waals surface area contributed by atoms with E-state index in [1.165, 1.54) is 5.56 Å². The highest BCUT2D eigenvalue weighted by molar-refractivity contribution is 5.81. The molecule has 0 unspecified atom stereocenters. The van der Waals surface area contributed by atoms with Crippen molar-refractivity contribution >= 4 is 5.71 Å². The molecule has 0 aliphatic carbocycles. The number of hydrogen-bond donors (Lipinski definition) is 1. The quantitative estimate of drug-likeness (QED) is 0.591. The lowest BCUT2D eigenvalue weighted by atomic mass is 9.90. The van der Waals surface area contributed by atoms with Crippen molar-refractivity contribution in [3.8, 4) is 0 Å². The van der Waals surface area contributed by atoms with Crippen molar-refractivity contribution in [2.75, 3.05) is 0 Å². The Labute approximate surface area is 98.8 Å². The van der Waals surface area contributed by atoms with Crippen molar-refractivity contribution in [2.24, 2.45) is 5.10 Å². The number of nitrogens with one attached hydrogen (secondary N) is 1. The summed E-state index contributed by atoms with van der Waals surface area (Å²) in [5.41, 5.74) is 5.65. The van der Waals surface area contributed by atoms with Crippen LogP contribution in [0.4, 0.5) is 0 Å². The van der Waals surface area contributed by atoms with E-state index in [0.29, 0.717) is 0 Å². The van der Waals surface area contributed by atoms with Gasteiger partial charge >= 0.3 is 0 Å². The minimum absolute atomic E-state index is 0.0717. The van der Waals surface area contributed by atoms with E-state index in [2.05, 4.69) is 55.6 Å². The van der Waals surface area contributed by atoms with Gasteiger partial charge in [0.2, 0.25) is 0 Å². The molecule has 1 aromatic carbocycles. The van der Waals surface area contributed by atoms with Gasteiger partial charge in [-0.1, -0.05) is 44.2 Å². The van der Waals surface area contributed by atoms with Crippen LogP contribution in [0.5, 0.6) is 0 Å². The molecular weight excluding hydrogens is 196 g/mol. The molecule has 2 heteroatoms. The van der Waals surface area contributed by atoms with Crippen molar-refractivity contribution in [2.45, 2.75) is 46.1 Å². The van der Waals surface area contributed by atoms with Crippen LogP contribution < -0.4 is 5.43 Å². The summed E-state index contributed by atoms with van der Waals surface area (Å²) in [6, 6.07) is 10.5. The molecule has 0 saturated carbocycles. The monoisotopic (exact) mass is 218 g/mol. The van der Waals surface area contributed by atoms with Gasteiger partial charge in [-0.15, -0.1) is 0 Å². The van der Waals surface area contributed by atoms with E-state index in [-0.39, 0.29) is 5.54 Å². The molecule has 0 radical (unpaired) electrons. The van der Waals surface area contributed by atoms with Crippen molar-refractivity contribution in [3.05, 3.63) is 35.9 Å². The van der Waals surface area contributed by atoms with Crippen molar-refractivity contribution in [1.29, 1.82) is 0 Å². The molecule has 0 amide bonds. The Kier molecular flexibility index (Phi) is 4.53. The van der Waals surface area contributed by atoms with Crippen LogP contribution in [0.15, 0.2) is 35.4 Å². The maximum absolute atomic E-state index is 4.43. The molecule has 1 aromatic rings. The maximum Gasteiger partial charge on any atom is 0.0766 e. The first kappa shape index (κ1) is 12.8. The molecule has 1 N–H and O–H groups in total. The molecule has 0 aromatic heterocycles. The molecule has 0 fully saturated rings. The topological polar surface area (TPSA) is 24.4 Å². The Morgan fingerprint density at radius 3 is 2.38 bits per heavy atom. The van der Waals surface area contributed by atoms with Crippen molar-refractivity contribution in [3.63, 3.8) is 0 Å². The van der Waals surface area contributed by atoms with Gasteiger partial charge in [0.15, 0.2) is 0 Å². The van der Waals surface area contributed by atoms with Gasteiger partial charge in [-0.25, -0.2) is 0 Å². The first-order valence-electron chi connectivity index (χ1n) is 5.98. The van der Waals surface area contributed by atoms with Gasteiger partial charge < -0.3 is 0 Å². The zero-order chi connectivity index (χ0) is 12.0. The van der Waals surface area contributed by atoms with Gasteiger partial charge in [0.25, 0.3) is 0 Å². The number of rotatable bonds is 5. The van der Waals surface area contributed by atoms with Crippen LogP contribution >= 0.6 is 0 Å². The highest BCUT2D eigenvalue weighted by atomic mass is 15.3. The van der Waals surface area contributed by atoms with Gasteiger partial charge in [-0.3, -0.25) is 5.43 Å². The van der Waals surface area contributed by atoms with Gasteiger partial charge in [-0.05, 0) is 32.3 Å². The van der Waals surface area contributed by atoms with Gasteiger partial charge in [0, 0.05) is 5.71 Å². The summed E-state index contributed by atoms with van der Waals surface area (Å²) in [5.74, 6) is 0. The van der Waals surface area contributed by atoms with E-state index in [1.807, 2.05) is 13.0 Å². The summed E-state index contributed by atoms with van der Waals surface area (Å²) >= 11 is 0. The Balaban J connectivity index is 2.86. The molecule has 0 heterocycles. The predicted octanol–water partition coefficient (Wildman–Crippen LogP) is 3.69. The van der Waals surface area contributed by atoms with Gasteiger partial charge in [0.1, 0.15) is 0 Å². The molecule has 2 nitrogen and oxygen atoms in total. The lowest BCUT2D eigenvalue weighted by Gasteiger charge is -2.28. The van der Waals surface area contributed by atoms with Gasteiger partial charge in [-0.2, -0.15) is 5.10 Å². The fraction of sp³-hybridized carbons (Fsp3) is 0.500. The SMILES string of the molecule is CC/C(C)=N\N[C@@](C)(CC)c1ccccc1. The second kappa shape index (κ2) is 5.69. The average Bonchev–Trinajstić information content (AvgIpc) is 2.36. The van der Waals surface area contributed by atoms with Crippen LogP contribution in [0, 0.1) is 0 Å².